The molecular weight excluding hydrogens is 258 g/mol. The van der Waals surface area contributed by atoms with Crippen LogP contribution in [-0.4, -0.2) is 43.4 Å². The molecule has 2 atom stereocenters. The van der Waals surface area contributed by atoms with E-state index in [0.29, 0.717) is 0 Å². The van der Waals surface area contributed by atoms with Crippen LogP contribution in [0.1, 0.15) is 20.8 Å². The second-order valence-corrected chi connectivity index (χ2v) is 6.93. The van der Waals surface area contributed by atoms with Gasteiger partial charge in [-0.05, 0) is 12.8 Å². The van der Waals surface area contributed by atoms with Crippen molar-refractivity contribution in [3.8, 4) is 0 Å². The highest BCUT2D eigenvalue weighted by Gasteiger charge is 2.28. The van der Waals surface area contributed by atoms with Gasteiger partial charge in [-0.2, -0.15) is 0 Å². The van der Waals surface area contributed by atoms with Gasteiger partial charge in [0.1, 0.15) is 15.8 Å². The number of nitrogens with two attached hydrogens (primary N) is 1. The van der Waals surface area contributed by atoms with Crippen molar-refractivity contribution in [2.75, 3.05) is 12.0 Å². The number of rotatable bonds is 6. The topological polar surface area (TPSA) is 122 Å². The van der Waals surface area contributed by atoms with E-state index in [9.17, 15) is 13.2 Å². The van der Waals surface area contributed by atoms with Gasteiger partial charge < -0.3 is 16.3 Å². The third-order valence-electron chi connectivity index (χ3n) is 2.32. The average Bonchev–Trinajstić information content (AvgIpc) is 2.13. The highest BCUT2D eigenvalue weighted by Crippen LogP contribution is 2.11. The van der Waals surface area contributed by atoms with E-state index in [0.717, 1.165) is 6.26 Å². The second-order valence-electron chi connectivity index (χ2n) is 4.75. The SMILES string of the molecule is CC(CS(C)(=O)=O)NC(=O)C(C(N)=NO)C(C)C. The van der Waals surface area contributed by atoms with Crippen molar-refractivity contribution in [1.29, 1.82) is 0 Å². The summed E-state index contributed by atoms with van der Waals surface area (Å²) in [6, 6.07) is -0.528. The summed E-state index contributed by atoms with van der Waals surface area (Å²) in [7, 11) is -3.17. The van der Waals surface area contributed by atoms with E-state index < -0.39 is 27.7 Å². The van der Waals surface area contributed by atoms with Crippen molar-refractivity contribution in [2.24, 2.45) is 22.7 Å². The van der Waals surface area contributed by atoms with Crippen molar-refractivity contribution in [2.45, 2.75) is 26.8 Å². The van der Waals surface area contributed by atoms with Gasteiger partial charge in [0.05, 0.1) is 5.75 Å². The van der Waals surface area contributed by atoms with Gasteiger partial charge in [-0.25, -0.2) is 8.42 Å². The molecule has 0 aromatic carbocycles. The summed E-state index contributed by atoms with van der Waals surface area (Å²) in [5.74, 6) is -1.73. The molecule has 2 unspecified atom stereocenters. The van der Waals surface area contributed by atoms with Gasteiger partial charge in [0.2, 0.25) is 5.91 Å². The van der Waals surface area contributed by atoms with Crippen LogP contribution in [-0.2, 0) is 14.6 Å². The fourth-order valence-corrected chi connectivity index (χ4v) is 2.66. The van der Waals surface area contributed by atoms with Gasteiger partial charge in [-0.3, -0.25) is 4.79 Å². The molecule has 0 aromatic heterocycles. The maximum atomic E-state index is 11.9. The first-order valence-electron chi connectivity index (χ1n) is 5.54. The van der Waals surface area contributed by atoms with Crippen LogP contribution in [0.3, 0.4) is 0 Å². The van der Waals surface area contributed by atoms with Crippen LogP contribution in [0.5, 0.6) is 0 Å². The molecule has 0 bridgehead atoms. The molecule has 4 N–H and O–H groups in total. The number of hydrogen-bond acceptors (Lipinski definition) is 5. The fraction of sp³-hybridized carbons (Fsp3) is 0.800. The first kappa shape index (κ1) is 16.7. The Balaban J connectivity index is 4.73. The Morgan fingerprint density at radius 2 is 1.89 bits per heavy atom. The van der Waals surface area contributed by atoms with E-state index in [1.165, 1.54) is 0 Å². The minimum atomic E-state index is -3.17. The van der Waals surface area contributed by atoms with Crippen molar-refractivity contribution in [1.82, 2.24) is 5.32 Å². The Morgan fingerprint density at radius 1 is 1.39 bits per heavy atom. The molecule has 7 nitrogen and oxygen atoms in total. The highest BCUT2D eigenvalue weighted by atomic mass is 32.2. The van der Waals surface area contributed by atoms with E-state index in [2.05, 4.69) is 10.5 Å². The molecule has 1 amide bonds. The van der Waals surface area contributed by atoms with E-state index in [1.54, 1.807) is 20.8 Å². The van der Waals surface area contributed by atoms with Crippen molar-refractivity contribution < 1.29 is 18.4 Å². The summed E-state index contributed by atoms with van der Waals surface area (Å²) < 4.78 is 22.2. The third-order valence-corrected chi connectivity index (χ3v) is 3.43. The summed E-state index contributed by atoms with van der Waals surface area (Å²) >= 11 is 0. The summed E-state index contributed by atoms with van der Waals surface area (Å²) in [5, 5.41) is 14.0. The molecule has 0 heterocycles. The number of sulfone groups is 1. The summed E-state index contributed by atoms with van der Waals surface area (Å²) in [6.07, 6.45) is 1.10. The minimum Gasteiger partial charge on any atom is -0.409 e. The number of nitrogens with one attached hydrogen (secondary N) is 1. The molecule has 0 aliphatic heterocycles. The molecule has 8 heteroatoms. The predicted octanol–water partition coefficient (Wildman–Crippen LogP) is -0.446. The minimum absolute atomic E-state index is 0.153. The number of amides is 1. The third kappa shape index (κ3) is 5.85. The van der Waals surface area contributed by atoms with Crippen LogP contribution >= 0.6 is 0 Å². The molecule has 0 fully saturated rings. The van der Waals surface area contributed by atoms with Crippen LogP contribution in [0.15, 0.2) is 5.16 Å². The Hall–Kier alpha value is -1.31. The van der Waals surface area contributed by atoms with Crippen LogP contribution in [0.4, 0.5) is 0 Å². The molecule has 0 spiro atoms. The standard InChI is InChI=1S/C10H21N3O4S/c1-6(2)8(9(11)13-15)10(14)12-7(3)5-18(4,16)17/h6-8,15H,5H2,1-4H3,(H2,11,13)(H,12,14). The lowest BCUT2D eigenvalue weighted by molar-refractivity contribution is -0.124. The van der Waals surface area contributed by atoms with Gasteiger partial charge >= 0.3 is 0 Å². The lowest BCUT2D eigenvalue weighted by Gasteiger charge is -2.21. The maximum absolute atomic E-state index is 11.9. The van der Waals surface area contributed by atoms with Crippen LogP contribution in [0.25, 0.3) is 0 Å². The smallest absolute Gasteiger partial charge is 0.231 e. The second kappa shape index (κ2) is 6.58. The molecule has 0 saturated carbocycles. The van der Waals surface area contributed by atoms with E-state index in [1.807, 2.05) is 0 Å². The van der Waals surface area contributed by atoms with Crippen LogP contribution in [0.2, 0.25) is 0 Å². The monoisotopic (exact) mass is 279 g/mol. The molecule has 0 radical (unpaired) electrons. The first-order chi connectivity index (χ1) is 8.08. The van der Waals surface area contributed by atoms with Gasteiger partial charge in [-0.1, -0.05) is 19.0 Å². The zero-order chi connectivity index (χ0) is 14.5. The van der Waals surface area contributed by atoms with Gasteiger partial charge in [0, 0.05) is 12.3 Å². The predicted molar refractivity (Wildman–Crippen MR) is 69.1 cm³/mol. The van der Waals surface area contributed by atoms with Crippen molar-refractivity contribution in [3.63, 3.8) is 0 Å². The van der Waals surface area contributed by atoms with Crippen molar-refractivity contribution >= 4 is 21.6 Å². The number of carbonyl (C=O) groups excluding carboxylic acids is 1. The summed E-state index contributed by atoms with van der Waals surface area (Å²) in [5.41, 5.74) is 5.44. The van der Waals surface area contributed by atoms with Gasteiger partial charge in [0.25, 0.3) is 0 Å². The number of nitrogens with zero attached hydrogens (tertiary/aromatic N) is 1. The number of hydrogen-bond donors (Lipinski definition) is 3. The molecule has 0 rings (SSSR count). The first-order valence-corrected chi connectivity index (χ1v) is 7.60. The molecule has 0 aliphatic carbocycles. The number of amidine groups is 1. The number of oxime groups is 1. The number of carbonyl (C=O) groups is 1. The molecule has 0 aliphatic rings. The molecule has 18 heavy (non-hydrogen) atoms. The normalized spacial score (nSPS) is 16.4. The average molecular weight is 279 g/mol. The lowest BCUT2D eigenvalue weighted by Crippen LogP contribution is -2.46. The van der Waals surface area contributed by atoms with E-state index in [-0.39, 0.29) is 17.5 Å². The molecular formula is C10H21N3O4S. The molecule has 106 valence electrons. The largest absolute Gasteiger partial charge is 0.409 e. The zero-order valence-electron chi connectivity index (χ0n) is 11.0. The summed E-state index contributed by atoms with van der Waals surface area (Å²) in [6.45, 7) is 5.09. The summed E-state index contributed by atoms with van der Waals surface area (Å²) in [4.78, 5) is 11.9. The molecule has 0 aromatic rings. The Kier molecular flexibility index (Phi) is 6.10. The van der Waals surface area contributed by atoms with E-state index >= 15 is 0 Å². The quantitative estimate of drug-likeness (QED) is 0.263. The van der Waals surface area contributed by atoms with Gasteiger partial charge in [-0.15, -0.1) is 0 Å². The Morgan fingerprint density at radius 3 is 2.22 bits per heavy atom. The van der Waals surface area contributed by atoms with E-state index in [4.69, 9.17) is 10.9 Å². The molecule has 0 saturated heterocycles. The van der Waals surface area contributed by atoms with Crippen LogP contribution in [0, 0.1) is 11.8 Å². The zero-order valence-corrected chi connectivity index (χ0v) is 11.9. The van der Waals surface area contributed by atoms with Crippen molar-refractivity contribution in [3.05, 3.63) is 0 Å². The fourth-order valence-electron chi connectivity index (χ4n) is 1.67. The Labute approximate surface area is 107 Å². The highest BCUT2D eigenvalue weighted by molar-refractivity contribution is 7.90. The maximum Gasteiger partial charge on any atom is 0.231 e. The lowest BCUT2D eigenvalue weighted by atomic mass is 9.93. The Bertz CT molecular complexity index is 417. The van der Waals surface area contributed by atoms with Crippen LogP contribution < -0.4 is 11.1 Å². The van der Waals surface area contributed by atoms with Gasteiger partial charge in [0.15, 0.2) is 5.84 Å².